The number of nitrogens with two attached hydrogens (primary N) is 1. The van der Waals surface area contributed by atoms with Crippen LogP contribution in [0.15, 0.2) is 30.5 Å². The Labute approximate surface area is 201 Å². The highest BCUT2D eigenvalue weighted by Gasteiger charge is 2.31. The molecular weight excluding hydrogens is 458 g/mol. The SMILES string of the molecule is CC(C)C(NC(=O)C(CCC(=O)O)NC(=O)CN)C(=O)NC(Cc1c[nH]c2ccccc12)C(=O)O. The molecule has 0 radical (unpaired) electrons. The Morgan fingerprint density at radius 3 is 2.26 bits per heavy atom. The lowest BCUT2D eigenvalue weighted by molar-refractivity contribution is -0.142. The second kappa shape index (κ2) is 12.5. The normalized spacial score (nSPS) is 13.6. The van der Waals surface area contributed by atoms with E-state index in [2.05, 4.69) is 20.9 Å². The summed E-state index contributed by atoms with van der Waals surface area (Å²) < 4.78 is 0. The van der Waals surface area contributed by atoms with Gasteiger partial charge in [0, 0.05) is 29.9 Å². The Balaban J connectivity index is 2.14. The van der Waals surface area contributed by atoms with Crippen LogP contribution < -0.4 is 21.7 Å². The van der Waals surface area contributed by atoms with Crippen LogP contribution in [0.2, 0.25) is 0 Å². The lowest BCUT2D eigenvalue weighted by Crippen LogP contribution is -2.58. The number of aliphatic carboxylic acids is 2. The number of amides is 3. The largest absolute Gasteiger partial charge is 0.481 e. The first-order chi connectivity index (χ1) is 16.5. The highest BCUT2D eigenvalue weighted by molar-refractivity contribution is 5.94. The molecule has 8 N–H and O–H groups in total. The molecule has 1 aromatic heterocycles. The Morgan fingerprint density at radius 1 is 0.971 bits per heavy atom. The van der Waals surface area contributed by atoms with Gasteiger partial charge in [-0.25, -0.2) is 4.79 Å². The fraction of sp³-hybridized carbons (Fsp3) is 0.435. The molecule has 1 heterocycles. The van der Waals surface area contributed by atoms with E-state index in [0.717, 1.165) is 10.9 Å². The summed E-state index contributed by atoms with van der Waals surface area (Å²) in [5.74, 6) is -5.00. The van der Waals surface area contributed by atoms with Crippen LogP contribution in [0.25, 0.3) is 10.9 Å². The molecule has 12 heteroatoms. The minimum atomic E-state index is -1.26. The summed E-state index contributed by atoms with van der Waals surface area (Å²) in [6, 6.07) is 3.73. The molecular formula is C23H31N5O7. The van der Waals surface area contributed by atoms with Gasteiger partial charge >= 0.3 is 11.9 Å². The van der Waals surface area contributed by atoms with Crippen molar-refractivity contribution >= 4 is 40.6 Å². The standard InChI is InChI=1S/C23H31N5O7/c1-12(2)20(28-21(32)16(7-8-19(30)31)26-18(29)10-24)22(33)27-17(23(34)35)9-13-11-25-15-6-4-3-5-14(13)15/h3-6,11-12,16-17,20,25H,7-10,24H2,1-2H3,(H,26,29)(H,27,33)(H,28,32)(H,30,31)(H,34,35). The topological polar surface area (TPSA) is 204 Å². The van der Waals surface area contributed by atoms with E-state index in [-0.39, 0.29) is 12.8 Å². The molecule has 3 atom stereocenters. The first-order valence-corrected chi connectivity index (χ1v) is 11.1. The van der Waals surface area contributed by atoms with Crippen LogP contribution in [0.1, 0.15) is 32.3 Å². The Hall–Kier alpha value is -3.93. The number of rotatable bonds is 13. The number of hydrogen-bond acceptors (Lipinski definition) is 6. The maximum Gasteiger partial charge on any atom is 0.326 e. The van der Waals surface area contributed by atoms with Crippen LogP contribution in [0.5, 0.6) is 0 Å². The van der Waals surface area contributed by atoms with E-state index < -0.39 is 66.7 Å². The van der Waals surface area contributed by atoms with E-state index in [1.54, 1.807) is 20.0 Å². The quantitative estimate of drug-likeness (QED) is 0.199. The van der Waals surface area contributed by atoms with Gasteiger partial charge in [0.25, 0.3) is 0 Å². The molecule has 190 valence electrons. The summed E-state index contributed by atoms with van der Waals surface area (Å²) in [6.45, 7) is 2.91. The van der Waals surface area contributed by atoms with Crippen molar-refractivity contribution in [3.63, 3.8) is 0 Å². The summed E-state index contributed by atoms with van der Waals surface area (Å²) in [6.07, 6.45) is 1.09. The zero-order valence-electron chi connectivity index (χ0n) is 19.5. The number of carbonyl (C=O) groups excluding carboxylic acids is 3. The van der Waals surface area contributed by atoms with Crippen LogP contribution in [-0.4, -0.2) is 69.5 Å². The van der Waals surface area contributed by atoms with Gasteiger partial charge in [-0.1, -0.05) is 32.0 Å². The van der Waals surface area contributed by atoms with Gasteiger partial charge in [-0.3, -0.25) is 19.2 Å². The average Bonchev–Trinajstić information content (AvgIpc) is 3.21. The third-order valence-electron chi connectivity index (χ3n) is 5.44. The number of hydrogen-bond donors (Lipinski definition) is 7. The molecule has 3 unspecified atom stereocenters. The first-order valence-electron chi connectivity index (χ1n) is 11.1. The summed E-state index contributed by atoms with van der Waals surface area (Å²) in [5, 5.41) is 26.8. The van der Waals surface area contributed by atoms with Gasteiger partial charge < -0.3 is 36.9 Å². The van der Waals surface area contributed by atoms with Crippen molar-refractivity contribution in [2.45, 2.75) is 51.2 Å². The molecule has 0 saturated heterocycles. The van der Waals surface area contributed by atoms with E-state index >= 15 is 0 Å². The number of carboxylic acid groups (broad SMARTS) is 2. The van der Waals surface area contributed by atoms with Crippen molar-refractivity contribution in [3.8, 4) is 0 Å². The van der Waals surface area contributed by atoms with Crippen LogP contribution >= 0.6 is 0 Å². The van der Waals surface area contributed by atoms with Gasteiger partial charge in [0.05, 0.1) is 6.54 Å². The number of fused-ring (bicyclic) bond motifs is 1. The van der Waals surface area contributed by atoms with Gasteiger partial charge in [0.2, 0.25) is 17.7 Å². The molecule has 0 aliphatic heterocycles. The predicted molar refractivity (Wildman–Crippen MR) is 126 cm³/mol. The van der Waals surface area contributed by atoms with Gasteiger partial charge in [-0.15, -0.1) is 0 Å². The number of benzene rings is 1. The molecule has 0 spiro atoms. The van der Waals surface area contributed by atoms with E-state index in [9.17, 15) is 29.1 Å². The molecule has 35 heavy (non-hydrogen) atoms. The molecule has 0 aliphatic rings. The van der Waals surface area contributed by atoms with E-state index in [0.29, 0.717) is 5.56 Å². The number of aromatic nitrogens is 1. The first kappa shape index (κ1) is 27.3. The fourth-order valence-corrected chi connectivity index (χ4v) is 3.56. The predicted octanol–water partition coefficient (Wildman–Crippen LogP) is -0.271. The molecule has 0 fully saturated rings. The lowest BCUT2D eigenvalue weighted by Gasteiger charge is -2.26. The Bertz CT molecular complexity index is 1080. The molecule has 0 saturated carbocycles. The molecule has 2 rings (SSSR count). The number of para-hydroxylation sites is 1. The van der Waals surface area contributed by atoms with Crippen LogP contribution in [-0.2, 0) is 30.4 Å². The average molecular weight is 490 g/mol. The van der Waals surface area contributed by atoms with Gasteiger partial charge in [0.1, 0.15) is 18.1 Å². The zero-order valence-corrected chi connectivity index (χ0v) is 19.5. The maximum atomic E-state index is 13.0. The molecule has 2 aromatic rings. The van der Waals surface area contributed by atoms with E-state index in [4.69, 9.17) is 10.8 Å². The van der Waals surface area contributed by atoms with Crippen molar-refractivity contribution in [1.82, 2.24) is 20.9 Å². The van der Waals surface area contributed by atoms with Crippen molar-refractivity contribution in [2.75, 3.05) is 6.54 Å². The van der Waals surface area contributed by atoms with Crippen molar-refractivity contribution < 1.29 is 34.2 Å². The van der Waals surface area contributed by atoms with Gasteiger partial charge in [-0.05, 0) is 24.0 Å². The number of nitrogens with one attached hydrogen (secondary N) is 4. The van der Waals surface area contributed by atoms with Crippen LogP contribution in [0.3, 0.4) is 0 Å². The highest BCUT2D eigenvalue weighted by atomic mass is 16.4. The minimum Gasteiger partial charge on any atom is -0.481 e. The Morgan fingerprint density at radius 2 is 1.66 bits per heavy atom. The van der Waals surface area contributed by atoms with Crippen molar-refractivity contribution in [1.29, 1.82) is 0 Å². The summed E-state index contributed by atoms with van der Waals surface area (Å²) in [5.41, 5.74) is 6.80. The molecule has 12 nitrogen and oxygen atoms in total. The van der Waals surface area contributed by atoms with Crippen LogP contribution in [0.4, 0.5) is 0 Å². The van der Waals surface area contributed by atoms with Crippen LogP contribution in [0, 0.1) is 5.92 Å². The second-order valence-corrected chi connectivity index (χ2v) is 8.45. The number of aromatic amines is 1. The molecule has 0 aliphatic carbocycles. The zero-order chi connectivity index (χ0) is 26.1. The smallest absolute Gasteiger partial charge is 0.326 e. The molecule has 0 bridgehead atoms. The van der Waals surface area contributed by atoms with Crippen molar-refractivity contribution in [2.24, 2.45) is 11.7 Å². The van der Waals surface area contributed by atoms with Gasteiger partial charge in [-0.2, -0.15) is 0 Å². The fourth-order valence-electron chi connectivity index (χ4n) is 3.56. The lowest BCUT2D eigenvalue weighted by atomic mass is 10.00. The van der Waals surface area contributed by atoms with Crippen molar-refractivity contribution in [3.05, 3.63) is 36.0 Å². The van der Waals surface area contributed by atoms with Gasteiger partial charge in [0.15, 0.2) is 0 Å². The van der Waals surface area contributed by atoms with E-state index in [1.165, 1.54) is 0 Å². The number of carbonyl (C=O) groups is 5. The maximum absolute atomic E-state index is 13.0. The third-order valence-corrected chi connectivity index (χ3v) is 5.44. The Kier molecular flexibility index (Phi) is 9.76. The van der Waals surface area contributed by atoms with E-state index in [1.807, 2.05) is 24.3 Å². The summed E-state index contributed by atoms with van der Waals surface area (Å²) in [4.78, 5) is 63.3. The number of H-pyrrole nitrogens is 1. The molecule has 3 amide bonds. The summed E-state index contributed by atoms with van der Waals surface area (Å²) in [7, 11) is 0. The number of carboxylic acids is 2. The summed E-state index contributed by atoms with van der Waals surface area (Å²) >= 11 is 0. The highest BCUT2D eigenvalue weighted by Crippen LogP contribution is 2.19. The monoisotopic (exact) mass is 489 g/mol. The minimum absolute atomic E-state index is 0.0115. The molecule has 1 aromatic carbocycles. The second-order valence-electron chi connectivity index (χ2n) is 8.45. The third kappa shape index (κ3) is 7.81.